The Morgan fingerprint density at radius 3 is 2.74 bits per heavy atom. The van der Waals surface area contributed by atoms with E-state index in [9.17, 15) is 10.5 Å². The summed E-state index contributed by atoms with van der Waals surface area (Å²) in [7, 11) is 0. The normalized spacial score (nSPS) is 11.2. The smallest absolute Gasteiger partial charge is 0.174 e. The lowest BCUT2D eigenvalue weighted by Crippen LogP contribution is -1.97. The second-order valence-electron chi connectivity index (χ2n) is 5.03. The Bertz CT molecular complexity index is 999. The van der Waals surface area contributed by atoms with Crippen molar-refractivity contribution in [1.82, 2.24) is 19.6 Å². The van der Waals surface area contributed by atoms with Gasteiger partial charge in [0.15, 0.2) is 5.65 Å². The van der Waals surface area contributed by atoms with Gasteiger partial charge in [0.2, 0.25) is 0 Å². The third-order valence-electron chi connectivity index (χ3n) is 3.36. The number of rotatable bonds is 2. The molecule has 0 atom stereocenters. The van der Waals surface area contributed by atoms with Crippen molar-refractivity contribution < 1.29 is 0 Å². The van der Waals surface area contributed by atoms with Crippen molar-refractivity contribution in [3.63, 3.8) is 0 Å². The van der Waals surface area contributed by atoms with E-state index in [1.54, 1.807) is 28.9 Å². The lowest BCUT2D eigenvalue weighted by Gasteiger charge is -1.99. The van der Waals surface area contributed by atoms with Gasteiger partial charge in [-0.25, -0.2) is 9.50 Å². The molecule has 23 heavy (non-hydrogen) atoms. The van der Waals surface area contributed by atoms with Gasteiger partial charge < -0.3 is 0 Å². The highest BCUT2D eigenvalue weighted by molar-refractivity contribution is 5.91. The van der Waals surface area contributed by atoms with Crippen molar-refractivity contribution in [2.45, 2.75) is 13.8 Å². The first-order valence-electron chi connectivity index (χ1n) is 6.94. The number of hydrogen-bond acceptors (Lipinski definition) is 5. The molecule has 0 aromatic carbocycles. The van der Waals surface area contributed by atoms with Crippen molar-refractivity contribution in [2.75, 3.05) is 0 Å². The Labute approximate surface area is 133 Å². The van der Waals surface area contributed by atoms with Crippen LogP contribution in [0.25, 0.3) is 17.3 Å². The van der Waals surface area contributed by atoms with Gasteiger partial charge in [-0.05, 0) is 38.1 Å². The maximum atomic E-state index is 9.50. The minimum absolute atomic E-state index is 0.280. The minimum atomic E-state index is 0.280. The van der Waals surface area contributed by atoms with Crippen molar-refractivity contribution in [3.8, 4) is 12.1 Å². The maximum Gasteiger partial charge on any atom is 0.174 e. The van der Waals surface area contributed by atoms with E-state index >= 15 is 0 Å². The number of allylic oxidation sites excluding steroid dienone is 1. The number of aryl methyl sites for hydroxylation is 2. The number of fused-ring (bicyclic) bond motifs is 1. The van der Waals surface area contributed by atoms with E-state index in [4.69, 9.17) is 0 Å². The van der Waals surface area contributed by atoms with E-state index in [1.807, 2.05) is 26.0 Å². The Kier molecular flexibility index (Phi) is 3.58. The van der Waals surface area contributed by atoms with Crippen LogP contribution in [0, 0.1) is 36.5 Å². The Balaban J connectivity index is 2.27. The summed E-state index contributed by atoms with van der Waals surface area (Å²) in [5.74, 6) is 0. The van der Waals surface area contributed by atoms with Crippen LogP contribution in [0.2, 0.25) is 0 Å². The average molecular weight is 300 g/mol. The van der Waals surface area contributed by atoms with Crippen LogP contribution in [0.15, 0.2) is 30.5 Å². The number of nitrogens with zero attached hydrogens (tertiary/aromatic N) is 6. The van der Waals surface area contributed by atoms with Gasteiger partial charge in [0, 0.05) is 17.6 Å². The van der Waals surface area contributed by atoms with Crippen molar-refractivity contribution in [3.05, 3.63) is 58.8 Å². The van der Waals surface area contributed by atoms with Crippen LogP contribution in [0.4, 0.5) is 0 Å². The Morgan fingerprint density at radius 1 is 1.26 bits per heavy atom. The molecule has 0 amide bonds. The highest BCUT2D eigenvalue weighted by Crippen LogP contribution is 2.23. The molecular weight excluding hydrogens is 288 g/mol. The van der Waals surface area contributed by atoms with Gasteiger partial charge in [0.25, 0.3) is 0 Å². The predicted molar refractivity (Wildman–Crippen MR) is 84.9 cm³/mol. The predicted octanol–water partition coefficient (Wildman–Crippen LogP) is 2.68. The molecule has 6 nitrogen and oxygen atoms in total. The summed E-state index contributed by atoms with van der Waals surface area (Å²) in [4.78, 5) is 8.55. The summed E-state index contributed by atoms with van der Waals surface area (Å²) in [6, 6.07) is 11.5. The van der Waals surface area contributed by atoms with Gasteiger partial charge in [-0.15, -0.1) is 0 Å². The van der Waals surface area contributed by atoms with E-state index in [2.05, 4.69) is 27.2 Å². The van der Waals surface area contributed by atoms with E-state index in [1.165, 1.54) is 0 Å². The topological polar surface area (TPSA) is 90.7 Å². The molecule has 0 aliphatic rings. The molecule has 110 valence electrons. The molecule has 0 radical (unpaired) electrons. The monoisotopic (exact) mass is 300 g/mol. The summed E-state index contributed by atoms with van der Waals surface area (Å²) >= 11 is 0. The van der Waals surface area contributed by atoms with Gasteiger partial charge in [0.1, 0.15) is 23.4 Å². The van der Waals surface area contributed by atoms with Crippen LogP contribution in [-0.2, 0) is 0 Å². The summed E-state index contributed by atoms with van der Waals surface area (Å²) in [6.07, 6.45) is 3.26. The zero-order chi connectivity index (χ0) is 16.4. The van der Waals surface area contributed by atoms with E-state index in [0.717, 1.165) is 11.4 Å². The average Bonchev–Trinajstić information content (AvgIpc) is 2.92. The molecule has 0 N–H and O–H groups in total. The molecule has 3 rings (SSSR count). The van der Waals surface area contributed by atoms with Gasteiger partial charge in [-0.3, -0.25) is 4.98 Å². The zero-order valence-corrected chi connectivity index (χ0v) is 12.6. The Hall–Kier alpha value is -3.51. The molecule has 0 saturated heterocycles. The third kappa shape index (κ3) is 2.54. The first-order chi connectivity index (χ1) is 11.1. The molecule has 0 spiro atoms. The van der Waals surface area contributed by atoms with Gasteiger partial charge in [0.05, 0.1) is 11.3 Å². The molecule has 0 saturated carbocycles. The first kappa shape index (κ1) is 14.4. The van der Waals surface area contributed by atoms with Crippen molar-refractivity contribution in [2.24, 2.45) is 0 Å². The van der Waals surface area contributed by atoms with Crippen LogP contribution in [0.5, 0.6) is 0 Å². The first-order valence-corrected chi connectivity index (χ1v) is 6.94. The lowest BCUT2D eigenvalue weighted by atomic mass is 10.1. The lowest BCUT2D eigenvalue weighted by molar-refractivity contribution is 0.880. The quantitative estimate of drug-likeness (QED) is 0.678. The minimum Gasteiger partial charge on any atom is -0.257 e. The van der Waals surface area contributed by atoms with Crippen LogP contribution in [-0.4, -0.2) is 19.6 Å². The molecule has 0 aliphatic heterocycles. The van der Waals surface area contributed by atoms with Crippen LogP contribution in [0.3, 0.4) is 0 Å². The molecule has 6 heteroatoms. The second-order valence-corrected chi connectivity index (χ2v) is 5.03. The summed E-state index contributed by atoms with van der Waals surface area (Å²) in [5.41, 5.74) is 3.63. The van der Waals surface area contributed by atoms with Gasteiger partial charge in [-0.1, -0.05) is 6.07 Å². The molecule has 0 aliphatic carbocycles. The molecule has 0 fully saturated rings. The highest BCUT2D eigenvalue weighted by Gasteiger charge is 2.19. The number of aromatic nitrogens is 4. The van der Waals surface area contributed by atoms with Crippen molar-refractivity contribution in [1.29, 1.82) is 10.5 Å². The van der Waals surface area contributed by atoms with Crippen LogP contribution >= 0.6 is 0 Å². The molecular formula is C17H12N6. The SMILES string of the molecule is Cc1cc(C)n2nc(/C(C#N)=C/c3ccccn3)c(C#N)c2n1. The summed E-state index contributed by atoms with van der Waals surface area (Å²) < 4.78 is 1.59. The number of pyridine rings is 1. The van der Waals surface area contributed by atoms with Gasteiger partial charge >= 0.3 is 0 Å². The molecule has 3 aromatic heterocycles. The zero-order valence-electron chi connectivity index (χ0n) is 12.6. The second kappa shape index (κ2) is 5.70. The molecule has 3 aromatic rings. The van der Waals surface area contributed by atoms with Gasteiger partial charge in [-0.2, -0.15) is 15.6 Å². The summed E-state index contributed by atoms with van der Waals surface area (Å²) in [5, 5.41) is 23.4. The van der Waals surface area contributed by atoms with E-state index in [0.29, 0.717) is 22.6 Å². The van der Waals surface area contributed by atoms with E-state index in [-0.39, 0.29) is 5.57 Å². The van der Waals surface area contributed by atoms with Crippen LogP contribution < -0.4 is 0 Å². The standard InChI is InChI=1S/C17H12N6/c1-11-7-12(2)23-17(21-11)15(10-19)16(22-23)13(9-18)8-14-5-3-4-6-20-14/h3-8H,1-2H3/b13-8+. The number of nitriles is 2. The largest absolute Gasteiger partial charge is 0.257 e. The third-order valence-corrected chi connectivity index (χ3v) is 3.36. The van der Waals surface area contributed by atoms with E-state index < -0.39 is 0 Å². The Morgan fingerprint density at radius 2 is 2.09 bits per heavy atom. The van der Waals surface area contributed by atoms with Crippen molar-refractivity contribution >= 4 is 17.3 Å². The maximum absolute atomic E-state index is 9.50. The fourth-order valence-corrected chi connectivity index (χ4v) is 2.38. The highest BCUT2D eigenvalue weighted by atomic mass is 15.3. The fourth-order valence-electron chi connectivity index (χ4n) is 2.38. The molecule has 0 unspecified atom stereocenters. The number of hydrogen-bond donors (Lipinski definition) is 0. The fraction of sp³-hybridized carbons (Fsp3) is 0.118. The summed E-state index contributed by atoms with van der Waals surface area (Å²) in [6.45, 7) is 3.74. The molecule has 0 bridgehead atoms. The molecule has 3 heterocycles. The van der Waals surface area contributed by atoms with Crippen LogP contribution in [0.1, 0.15) is 28.3 Å².